The first-order valence-corrected chi connectivity index (χ1v) is 7.18. The smallest absolute Gasteiger partial charge is 0.142 e. The molecule has 0 spiro atoms. The minimum Gasteiger partial charge on any atom is -0.197 e. The molecule has 0 saturated heterocycles. The van der Waals surface area contributed by atoms with E-state index >= 15 is 0 Å². The van der Waals surface area contributed by atoms with Gasteiger partial charge in [0.15, 0.2) is 0 Å². The molecule has 0 heterocycles. The quantitative estimate of drug-likeness (QED) is 0.786. The zero-order valence-corrected chi connectivity index (χ0v) is 11.3. The first-order chi connectivity index (χ1) is 9.33. The number of hydrogen-bond donors (Lipinski definition) is 0. The van der Waals surface area contributed by atoms with Crippen molar-refractivity contribution in [2.45, 2.75) is 50.4 Å². The molecule has 98 valence electrons. The molecule has 1 saturated carbocycles. The van der Waals surface area contributed by atoms with Crippen LogP contribution in [0.15, 0.2) is 30.3 Å². The summed E-state index contributed by atoms with van der Waals surface area (Å²) >= 11 is 0. The molecule has 0 bridgehead atoms. The molecule has 0 unspecified atom stereocenters. The van der Waals surface area contributed by atoms with Crippen LogP contribution in [0.2, 0.25) is 0 Å². The normalized spacial score (nSPS) is 18.9. The first kappa shape index (κ1) is 13.6. The third-order valence-electron chi connectivity index (χ3n) is 4.41. The number of hydrogen-bond acceptors (Lipinski definition) is 2. The van der Waals surface area contributed by atoms with E-state index in [-0.39, 0.29) is 5.41 Å². The molecule has 2 rings (SSSR count). The van der Waals surface area contributed by atoms with Gasteiger partial charge in [-0.25, -0.2) is 0 Å². The highest BCUT2D eigenvalue weighted by Gasteiger charge is 2.40. The molecule has 1 aromatic carbocycles. The average molecular weight is 252 g/mol. The lowest BCUT2D eigenvalue weighted by molar-refractivity contribution is 0.280. The van der Waals surface area contributed by atoms with Gasteiger partial charge in [0.05, 0.1) is 12.1 Å². The Morgan fingerprint density at radius 2 is 1.37 bits per heavy atom. The first-order valence-electron chi connectivity index (χ1n) is 7.18. The van der Waals surface area contributed by atoms with Crippen LogP contribution in [0, 0.1) is 28.6 Å². The minimum absolute atomic E-state index is 0.259. The molecule has 0 radical (unpaired) electrons. The summed E-state index contributed by atoms with van der Waals surface area (Å²) in [5.41, 5.74) is 0.913. The molecule has 0 atom stereocenters. The van der Waals surface area contributed by atoms with E-state index in [1.165, 1.54) is 24.8 Å². The molecule has 0 N–H and O–H groups in total. The van der Waals surface area contributed by atoms with Gasteiger partial charge in [0.1, 0.15) is 5.92 Å². The Morgan fingerprint density at radius 3 is 1.89 bits per heavy atom. The van der Waals surface area contributed by atoms with Gasteiger partial charge >= 0.3 is 0 Å². The monoisotopic (exact) mass is 252 g/mol. The average Bonchev–Trinajstić information content (AvgIpc) is 2.43. The van der Waals surface area contributed by atoms with Crippen LogP contribution in [0.3, 0.4) is 0 Å². The summed E-state index contributed by atoms with van der Waals surface area (Å²) < 4.78 is 0. The predicted molar refractivity (Wildman–Crippen MR) is 75.2 cm³/mol. The highest BCUT2D eigenvalue weighted by atomic mass is 14.5. The van der Waals surface area contributed by atoms with Gasteiger partial charge < -0.3 is 0 Å². The second kappa shape index (κ2) is 6.39. The van der Waals surface area contributed by atoms with E-state index in [2.05, 4.69) is 24.3 Å². The molecule has 1 aromatic rings. The van der Waals surface area contributed by atoms with Gasteiger partial charge in [-0.15, -0.1) is 0 Å². The van der Waals surface area contributed by atoms with Crippen LogP contribution < -0.4 is 0 Å². The highest BCUT2D eigenvalue weighted by Crippen LogP contribution is 2.43. The summed E-state index contributed by atoms with van der Waals surface area (Å²) in [5.74, 6) is -0.534. The second-order valence-corrected chi connectivity index (χ2v) is 5.48. The van der Waals surface area contributed by atoms with Gasteiger partial charge in [0, 0.05) is 5.41 Å². The number of nitrogens with zero attached hydrogens (tertiary/aromatic N) is 2. The van der Waals surface area contributed by atoms with Crippen molar-refractivity contribution in [1.82, 2.24) is 0 Å². The Bertz CT molecular complexity index is 456. The molecule has 0 amide bonds. The second-order valence-electron chi connectivity index (χ2n) is 5.48. The fraction of sp³-hybridized carbons (Fsp3) is 0.529. The molecule has 1 aliphatic rings. The van der Waals surface area contributed by atoms with Crippen LogP contribution in [-0.2, 0) is 5.41 Å². The summed E-state index contributed by atoms with van der Waals surface area (Å²) in [5, 5.41) is 18.8. The van der Waals surface area contributed by atoms with Crippen molar-refractivity contribution in [1.29, 1.82) is 10.5 Å². The molecule has 0 aromatic heterocycles. The van der Waals surface area contributed by atoms with Crippen molar-refractivity contribution in [2.24, 2.45) is 5.92 Å². The lowest BCUT2D eigenvalue weighted by Crippen LogP contribution is -2.34. The van der Waals surface area contributed by atoms with Gasteiger partial charge in [-0.3, -0.25) is 0 Å². The van der Waals surface area contributed by atoms with Crippen molar-refractivity contribution in [2.75, 3.05) is 0 Å². The molecule has 1 fully saturated rings. The molecule has 1 aliphatic carbocycles. The molecular weight excluding hydrogens is 232 g/mol. The summed E-state index contributed by atoms with van der Waals surface area (Å²) in [6.07, 6.45) is 7.89. The third kappa shape index (κ3) is 2.79. The fourth-order valence-corrected chi connectivity index (χ4v) is 3.33. The molecular formula is C17H20N2. The van der Waals surface area contributed by atoms with Crippen molar-refractivity contribution < 1.29 is 0 Å². The van der Waals surface area contributed by atoms with Crippen LogP contribution in [0.1, 0.15) is 50.5 Å². The Hall–Kier alpha value is -1.80. The van der Waals surface area contributed by atoms with E-state index in [1.54, 1.807) is 0 Å². The largest absolute Gasteiger partial charge is 0.197 e. The fourth-order valence-electron chi connectivity index (χ4n) is 3.33. The van der Waals surface area contributed by atoms with Crippen molar-refractivity contribution >= 4 is 0 Å². The summed E-state index contributed by atoms with van der Waals surface area (Å²) in [6, 6.07) is 14.7. The maximum absolute atomic E-state index is 9.39. The van der Waals surface area contributed by atoms with Gasteiger partial charge in [-0.05, 0) is 18.4 Å². The summed E-state index contributed by atoms with van der Waals surface area (Å²) in [7, 11) is 0. The predicted octanol–water partition coefficient (Wildman–Crippen LogP) is 4.33. The summed E-state index contributed by atoms with van der Waals surface area (Å²) in [4.78, 5) is 0. The number of rotatable bonds is 2. The third-order valence-corrected chi connectivity index (χ3v) is 4.41. The van der Waals surface area contributed by atoms with E-state index < -0.39 is 5.92 Å². The molecule has 0 aliphatic heterocycles. The minimum atomic E-state index is -0.534. The van der Waals surface area contributed by atoms with Crippen LogP contribution in [0.4, 0.5) is 0 Å². The lowest BCUT2D eigenvalue weighted by Gasteiger charge is -2.37. The molecule has 2 heteroatoms. The SMILES string of the molecule is N#CC(C#N)C1(c2ccccc2)CCCCCCC1. The zero-order chi connectivity index (χ0) is 13.6. The van der Waals surface area contributed by atoms with Crippen LogP contribution in [-0.4, -0.2) is 0 Å². The van der Waals surface area contributed by atoms with Gasteiger partial charge in [-0.2, -0.15) is 10.5 Å². The maximum Gasteiger partial charge on any atom is 0.142 e. The Labute approximate surface area is 115 Å². The lowest BCUT2D eigenvalue weighted by atomic mass is 9.64. The highest BCUT2D eigenvalue weighted by molar-refractivity contribution is 5.32. The van der Waals surface area contributed by atoms with Crippen LogP contribution in [0.25, 0.3) is 0 Å². The van der Waals surface area contributed by atoms with Crippen LogP contribution in [0.5, 0.6) is 0 Å². The van der Waals surface area contributed by atoms with Gasteiger partial charge in [0.25, 0.3) is 0 Å². The van der Waals surface area contributed by atoms with E-state index in [4.69, 9.17) is 0 Å². The Kier molecular flexibility index (Phi) is 4.58. The van der Waals surface area contributed by atoms with Gasteiger partial charge in [-0.1, -0.05) is 62.4 Å². The van der Waals surface area contributed by atoms with Crippen molar-refractivity contribution in [3.8, 4) is 12.1 Å². The van der Waals surface area contributed by atoms with Gasteiger partial charge in [0.2, 0.25) is 0 Å². The Balaban J connectivity index is 2.42. The van der Waals surface area contributed by atoms with E-state index in [1.807, 2.05) is 18.2 Å². The number of benzene rings is 1. The van der Waals surface area contributed by atoms with Crippen molar-refractivity contribution in [3.63, 3.8) is 0 Å². The topological polar surface area (TPSA) is 47.6 Å². The number of nitriles is 2. The Morgan fingerprint density at radius 1 is 0.842 bits per heavy atom. The van der Waals surface area contributed by atoms with E-state index in [0.29, 0.717) is 0 Å². The van der Waals surface area contributed by atoms with E-state index in [0.717, 1.165) is 25.7 Å². The zero-order valence-electron chi connectivity index (χ0n) is 11.3. The van der Waals surface area contributed by atoms with Crippen LogP contribution >= 0.6 is 0 Å². The van der Waals surface area contributed by atoms with Crippen molar-refractivity contribution in [3.05, 3.63) is 35.9 Å². The molecule has 2 nitrogen and oxygen atoms in total. The maximum atomic E-state index is 9.39. The van der Waals surface area contributed by atoms with E-state index in [9.17, 15) is 10.5 Å². The summed E-state index contributed by atoms with van der Waals surface area (Å²) in [6.45, 7) is 0. The standard InChI is InChI=1S/C17H20N2/c18-13-16(14-19)17(15-9-5-4-6-10-15)11-7-2-1-3-8-12-17/h4-6,9-10,16H,1-3,7-8,11-12H2. The molecule has 19 heavy (non-hydrogen) atoms.